The zero-order chi connectivity index (χ0) is 15.0. The van der Waals surface area contributed by atoms with Crippen LogP contribution < -0.4 is 10.1 Å². The zero-order valence-corrected chi connectivity index (χ0v) is 13.6. The highest BCUT2D eigenvalue weighted by atomic mass is 79.9. The predicted octanol–water partition coefficient (Wildman–Crippen LogP) is 2.67. The van der Waals surface area contributed by atoms with Gasteiger partial charge in [-0.1, -0.05) is 6.07 Å². The minimum absolute atomic E-state index is 0.0440. The molecule has 4 nitrogen and oxygen atoms in total. The molecule has 0 heterocycles. The summed E-state index contributed by atoms with van der Waals surface area (Å²) in [6, 6.07) is 5.82. The first kappa shape index (κ1) is 17.0. The second kappa shape index (κ2) is 8.97. The molecule has 0 spiro atoms. The average Bonchev–Trinajstić information content (AvgIpc) is 2.41. The van der Waals surface area contributed by atoms with E-state index in [4.69, 9.17) is 9.84 Å². The van der Waals surface area contributed by atoms with Crippen molar-refractivity contribution in [1.29, 1.82) is 0 Å². The molecule has 1 aromatic carbocycles. The molecule has 0 bridgehead atoms. The highest BCUT2D eigenvalue weighted by Crippen LogP contribution is 2.25. The van der Waals surface area contributed by atoms with Crippen molar-refractivity contribution in [2.75, 3.05) is 13.7 Å². The fraction of sp³-hybridized carbons (Fsp3) is 0.533. The van der Waals surface area contributed by atoms with Crippen LogP contribution in [0.15, 0.2) is 22.7 Å². The maximum absolute atomic E-state index is 11.7. The average molecular weight is 344 g/mol. The minimum Gasteiger partial charge on any atom is -0.496 e. The SMILES string of the molecule is COc1ccc(CCC(=O)NCCCC(C)O)cc1Br. The minimum atomic E-state index is -0.302. The zero-order valence-electron chi connectivity index (χ0n) is 12.0. The van der Waals surface area contributed by atoms with E-state index in [1.54, 1.807) is 14.0 Å². The topological polar surface area (TPSA) is 58.6 Å². The lowest BCUT2D eigenvalue weighted by atomic mass is 10.1. The molecule has 0 aliphatic heterocycles. The lowest BCUT2D eigenvalue weighted by Gasteiger charge is -2.08. The van der Waals surface area contributed by atoms with Gasteiger partial charge in [0.25, 0.3) is 0 Å². The van der Waals surface area contributed by atoms with E-state index in [-0.39, 0.29) is 12.0 Å². The second-order valence-electron chi connectivity index (χ2n) is 4.81. The standard InChI is InChI=1S/C15H22BrNO3/c1-11(18)4-3-9-17-15(19)8-6-12-5-7-14(20-2)13(16)10-12/h5,7,10-11,18H,3-4,6,8-9H2,1-2H3,(H,17,19). The van der Waals surface area contributed by atoms with Gasteiger partial charge in [0.1, 0.15) is 5.75 Å². The molecule has 1 rings (SSSR count). The Morgan fingerprint density at radius 2 is 2.25 bits per heavy atom. The molecule has 0 saturated heterocycles. The Morgan fingerprint density at radius 1 is 1.50 bits per heavy atom. The van der Waals surface area contributed by atoms with E-state index in [1.807, 2.05) is 18.2 Å². The molecule has 1 amide bonds. The number of hydrogen-bond donors (Lipinski definition) is 2. The van der Waals surface area contributed by atoms with Crippen LogP contribution in [0.1, 0.15) is 31.7 Å². The third-order valence-electron chi connectivity index (χ3n) is 2.98. The van der Waals surface area contributed by atoms with E-state index < -0.39 is 0 Å². The van der Waals surface area contributed by atoms with Crippen molar-refractivity contribution in [3.8, 4) is 5.75 Å². The Balaban J connectivity index is 2.28. The molecule has 0 fully saturated rings. The third kappa shape index (κ3) is 6.39. The normalized spacial score (nSPS) is 12.0. The molecule has 20 heavy (non-hydrogen) atoms. The van der Waals surface area contributed by atoms with Crippen molar-refractivity contribution in [3.05, 3.63) is 28.2 Å². The fourth-order valence-corrected chi connectivity index (χ4v) is 2.43. The number of aryl methyl sites for hydroxylation is 1. The van der Waals surface area contributed by atoms with Gasteiger partial charge in [-0.25, -0.2) is 0 Å². The second-order valence-corrected chi connectivity index (χ2v) is 5.66. The smallest absolute Gasteiger partial charge is 0.220 e. The molecule has 2 N–H and O–H groups in total. The van der Waals surface area contributed by atoms with Crippen molar-refractivity contribution < 1.29 is 14.6 Å². The van der Waals surface area contributed by atoms with Crippen molar-refractivity contribution in [3.63, 3.8) is 0 Å². The third-order valence-corrected chi connectivity index (χ3v) is 3.60. The van der Waals surface area contributed by atoms with E-state index in [9.17, 15) is 4.79 Å². The molecule has 0 aliphatic carbocycles. The first-order valence-electron chi connectivity index (χ1n) is 6.80. The Hall–Kier alpha value is -1.07. The van der Waals surface area contributed by atoms with E-state index in [1.165, 1.54) is 0 Å². The van der Waals surface area contributed by atoms with Gasteiger partial charge in [0.2, 0.25) is 5.91 Å². The Kier molecular flexibility index (Phi) is 7.62. The van der Waals surface area contributed by atoms with Crippen LogP contribution in [0.4, 0.5) is 0 Å². The van der Waals surface area contributed by atoms with Crippen LogP contribution in [-0.2, 0) is 11.2 Å². The first-order chi connectivity index (χ1) is 9.52. The molecule has 1 unspecified atom stereocenters. The summed E-state index contributed by atoms with van der Waals surface area (Å²) in [6.45, 7) is 2.37. The Labute approximate surface area is 128 Å². The molecule has 112 valence electrons. The number of aliphatic hydroxyl groups is 1. The Bertz CT molecular complexity index is 435. The number of carbonyl (C=O) groups is 1. The maximum Gasteiger partial charge on any atom is 0.220 e. The van der Waals surface area contributed by atoms with Crippen molar-refractivity contribution >= 4 is 21.8 Å². The molecule has 5 heteroatoms. The quantitative estimate of drug-likeness (QED) is 0.713. The van der Waals surface area contributed by atoms with Crippen molar-refractivity contribution in [2.24, 2.45) is 0 Å². The summed E-state index contributed by atoms with van der Waals surface area (Å²) in [5.41, 5.74) is 1.09. The van der Waals surface area contributed by atoms with Gasteiger partial charge >= 0.3 is 0 Å². The first-order valence-corrected chi connectivity index (χ1v) is 7.59. The summed E-state index contributed by atoms with van der Waals surface area (Å²) in [5.74, 6) is 0.832. The van der Waals surface area contributed by atoms with Crippen LogP contribution in [0.3, 0.4) is 0 Å². The van der Waals surface area contributed by atoms with Crippen molar-refractivity contribution in [2.45, 2.75) is 38.7 Å². The number of carbonyl (C=O) groups excluding carboxylic acids is 1. The number of ether oxygens (including phenoxy) is 1. The van der Waals surface area contributed by atoms with Gasteiger partial charge in [0.05, 0.1) is 17.7 Å². The molecule has 0 saturated carbocycles. The number of halogens is 1. The molecular weight excluding hydrogens is 322 g/mol. The van der Waals surface area contributed by atoms with Crippen molar-refractivity contribution in [1.82, 2.24) is 5.32 Å². The summed E-state index contributed by atoms with van der Waals surface area (Å²) in [5, 5.41) is 12.0. The monoisotopic (exact) mass is 343 g/mol. The van der Waals surface area contributed by atoms with Crippen LogP contribution in [0.2, 0.25) is 0 Å². The van der Waals surface area contributed by atoms with E-state index in [0.29, 0.717) is 25.8 Å². The van der Waals surface area contributed by atoms with Crippen LogP contribution in [-0.4, -0.2) is 30.8 Å². The highest BCUT2D eigenvalue weighted by Gasteiger charge is 2.05. The fourth-order valence-electron chi connectivity index (χ4n) is 1.84. The number of hydrogen-bond acceptors (Lipinski definition) is 3. The van der Waals surface area contributed by atoms with Gasteiger partial charge in [-0.05, 0) is 59.8 Å². The van der Waals surface area contributed by atoms with Gasteiger partial charge in [-0.15, -0.1) is 0 Å². The van der Waals surface area contributed by atoms with Gasteiger partial charge in [0.15, 0.2) is 0 Å². The van der Waals surface area contributed by atoms with Crippen LogP contribution in [0.5, 0.6) is 5.75 Å². The Morgan fingerprint density at radius 3 is 2.85 bits per heavy atom. The van der Waals surface area contributed by atoms with Crippen LogP contribution >= 0.6 is 15.9 Å². The summed E-state index contributed by atoms with van der Waals surface area (Å²) in [4.78, 5) is 11.7. The van der Waals surface area contributed by atoms with Gasteiger partial charge in [-0.3, -0.25) is 4.79 Å². The number of rotatable bonds is 8. The number of benzene rings is 1. The van der Waals surface area contributed by atoms with Gasteiger partial charge < -0.3 is 15.2 Å². The summed E-state index contributed by atoms with van der Waals surface area (Å²) in [6.07, 6.45) is 2.38. The number of nitrogens with one attached hydrogen (secondary N) is 1. The molecular formula is C15H22BrNO3. The largest absolute Gasteiger partial charge is 0.496 e. The molecule has 0 aliphatic rings. The van der Waals surface area contributed by atoms with Crippen LogP contribution in [0.25, 0.3) is 0 Å². The van der Waals surface area contributed by atoms with Gasteiger partial charge in [-0.2, -0.15) is 0 Å². The summed E-state index contributed by atoms with van der Waals surface area (Å²) in [7, 11) is 1.63. The molecule has 0 aromatic heterocycles. The number of aliphatic hydroxyl groups excluding tert-OH is 1. The summed E-state index contributed by atoms with van der Waals surface area (Å²) < 4.78 is 6.06. The molecule has 1 aromatic rings. The van der Waals surface area contributed by atoms with E-state index >= 15 is 0 Å². The summed E-state index contributed by atoms with van der Waals surface area (Å²) >= 11 is 3.43. The number of methoxy groups -OCH3 is 1. The van der Waals surface area contributed by atoms with Crippen LogP contribution in [0, 0.1) is 0 Å². The van der Waals surface area contributed by atoms with E-state index in [2.05, 4.69) is 21.2 Å². The lowest BCUT2D eigenvalue weighted by molar-refractivity contribution is -0.121. The van der Waals surface area contributed by atoms with E-state index in [0.717, 1.165) is 22.2 Å². The maximum atomic E-state index is 11.7. The lowest BCUT2D eigenvalue weighted by Crippen LogP contribution is -2.25. The predicted molar refractivity (Wildman–Crippen MR) is 82.9 cm³/mol. The highest BCUT2D eigenvalue weighted by molar-refractivity contribution is 9.10. The number of amides is 1. The molecule has 1 atom stereocenters. The van der Waals surface area contributed by atoms with Gasteiger partial charge in [0, 0.05) is 13.0 Å². The molecule has 0 radical (unpaired) electrons.